The quantitative estimate of drug-likeness (QED) is 0.824. The summed E-state index contributed by atoms with van der Waals surface area (Å²) in [6.07, 6.45) is 2.45. The third-order valence-electron chi connectivity index (χ3n) is 2.56. The number of nitrogens with zero attached hydrogens (tertiary/aromatic N) is 1. The van der Waals surface area contributed by atoms with E-state index in [2.05, 4.69) is 9.72 Å². The van der Waals surface area contributed by atoms with Gasteiger partial charge in [0.05, 0.1) is 17.5 Å². The first-order valence-electron chi connectivity index (χ1n) is 5.30. The number of carboxylic acids is 1. The number of hydrogen-bond acceptors (Lipinski definition) is 5. The molecule has 8 heteroatoms. The number of halogens is 2. The molecule has 0 aromatic carbocycles. The molecule has 0 spiro atoms. The van der Waals surface area contributed by atoms with Gasteiger partial charge in [-0.1, -0.05) is 0 Å². The number of carbonyl (C=O) groups is 3. The van der Waals surface area contributed by atoms with E-state index in [0.717, 1.165) is 19.2 Å². The number of ketones is 1. The van der Waals surface area contributed by atoms with E-state index in [4.69, 9.17) is 5.11 Å². The Kier molecular flexibility index (Phi) is 3.09. The molecule has 2 rings (SSSR count). The van der Waals surface area contributed by atoms with E-state index in [1.807, 2.05) is 0 Å². The Morgan fingerprint density at radius 2 is 2.00 bits per heavy atom. The molecular weight excluding hydrogens is 276 g/mol. The predicted octanol–water partition coefficient (Wildman–Crippen LogP) is 1.39. The molecule has 0 radical (unpaired) electrons. The first-order valence-corrected chi connectivity index (χ1v) is 5.30. The largest absolute Gasteiger partial charge is 0.478 e. The Bertz CT molecular complexity index is 666. The maximum absolute atomic E-state index is 13.9. The number of fused-ring (bicyclic) bond motifs is 1. The van der Waals surface area contributed by atoms with Crippen molar-refractivity contribution in [1.29, 1.82) is 0 Å². The molecule has 0 saturated carbocycles. The highest BCUT2D eigenvalue weighted by Crippen LogP contribution is 2.40. The van der Waals surface area contributed by atoms with Crippen LogP contribution in [0.25, 0.3) is 6.08 Å². The normalized spacial score (nSPS) is 15.7. The maximum Gasteiger partial charge on any atom is 0.340 e. The minimum Gasteiger partial charge on any atom is -0.478 e. The van der Waals surface area contributed by atoms with Gasteiger partial charge in [-0.15, -0.1) is 0 Å². The number of ether oxygens (including phenoxy) is 1. The van der Waals surface area contributed by atoms with Crippen LogP contribution in [0, 0.1) is 0 Å². The smallest absolute Gasteiger partial charge is 0.340 e. The number of rotatable bonds is 2. The van der Waals surface area contributed by atoms with Gasteiger partial charge >= 0.3 is 17.9 Å². The summed E-state index contributed by atoms with van der Waals surface area (Å²) in [6.45, 7) is 0.980. The average molecular weight is 283 g/mol. The number of carbonyl (C=O) groups excluding carboxylic acids is 2. The monoisotopic (exact) mass is 283 g/mol. The highest BCUT2D eigenvalue weighted by Gasteiger charge is 2.47. The Balaban J connectivity index is 2.78. The van der Waals surface area contributed by atoms with Gasteiger partial charge in [-0.3, -0.25) is 14.6 Å². The van der Waals surface area contributed by atoms with E-state index >= 15 is 0 Å². The van der Waals surface area contributed by atoms with Crippen LogP contribution in [0.2, 0.25) is 0 Å². The summed E-state index contributed by atoms with van der Waals surface area (Å²) in [4.78, 5) is 36.9. The number of carboxylic acid groups (broad SMARTS) is 1. The summed E-state index contributed by atoms with van der Waals surface area (Å²) in [5.74, 6) is -8.88. The molecule has 104 valence electrons. The van der Waals surface area contributed by atoms with Gasteiger partial charge in [0.1, 0.15) is 5.56 Å². The average Bonchev–Trinajstić information content (AvgIpc) is 2.33. The van der Waals surface area contributed by atoms with Gasteiger partial charge in [-0.25, -0.2) is 4.79 Å². The third-order valence-corrected chi connectivity index (χ3v) is 2.56. The molecule has 0 fully saturated rings. The Morgan fingerprint density at radius 3 is 2.55 bits per heavy atom. The lowest BCUT2D eigenvalue weighted by Crippen LogP contribution is -2.31. The Morgan fingerprint density at radius 1 is 1.35 bits per heavy atom. The van der Waals surface area contributed by atoms with Crippen LogP contribution in [0.3, 0.4) is 0 Å². The predicted molar refractivity (Wildman–Crippen MR) is 60.4 cm³/mol. The van der Waals surface area contributed by atoms with Crippen molar-refractivity contribution in [2.75, 3.05) is 0 Å². The molecule has 0 unspecified atom stereocenters. The number of hydrogen-bond donors (Lipinski definition) is 1. The van der Waals surface area contributed by atoms with Gasteiger partial charge in [0.15, 0.2) is 5.75 Å². The zero-order chi connectivity index (χ0) is 15.1. The van der Waals surface area contributed by atoms with Gasteiger partial charge in [0.25, 0.3) is 0 Å². The zero-order valence-electron chi connectivity index (χ0n) is 10.0. The molecule has 0 aliphatic heterocycles. The number of allylic oxidation sites excluding steroid dienone is 1. The van der Waals surface area contributed by atoms with Crippen molar-refractivity contribution in [3.8, 4) is 5.75 Å². The molecule has 1 aliphatic carbocycles. The molecule has 1 aromatic rings. The van der Waals surface area contributed by atoms with Crippen LogP contribution in [0.15, 0.2) is 12.3 Å². The van der Waals surface area contributed by atoms with E-state index in [1.165, 1.54) is 0 Å². The van der Waals surface area contributed by atoms with E-state index < -0.39 is 40.5 Å². The second-order valence-electron chi connectivity index (χ2n) is 3.93. The molecule has 0 saturated heterocycles. The molecule has 1 N–H and O–H groups in total. The van der Waals surface area contributed by atoms with Crippen LogP contribution in [-0.2, 0) is 15.5 Å². The van der Waals surface area contributed by atoms with Crippen LogP contribution >= 0.6 is 0 Å². The van der Waals surface area contributed by atoms with Crippen LogP contribution in [0.1, 0.15) is 28.5 Å². The summed E-state index contributed by atoms with van der Waals surface area (Å²) < 4.78 is 32.3. The molecule has 20 heavy (non-hydrogen) atoms. The second-order valence-corrected chi connectivity index (χ2v) is 3.93. The van der Waals surface area contributed by atoms with Crippen molar-refractivity contribution in [3.05, 3.63) is 29.1 Å². The highest BCUT2D eigenvalue weighted by molar-refractivity contribution is 6.06. The van der Waals surface area contributed by atoms with Gasteiger partial charge in [-0.05, 0) is 12.2 Å². The number of alkyl halides is 2. The number of pyridine rings is 1. The topological polar surface area (TPSA) is 93.6 Å². The molecule has 0 bridgehead atoms. The highest BCUT2D eigenvalue weighted by atomic mass is 19.3. The van der Waals surface area contributed by atoms with E-state index in [1.54, 1.807) is 0 Å². The van der Waals surface area contributed by atoms with Gasteiger partial charge in [0.2, 0.25) is 5.78 Å². The van der Waals surface area contributed by atoms with Crippen molar-refractivity contribution in [3.63, 3.8) is 0 Å². The zero-order valence-corrected chi connectivity index (χ0v) is 10.0. The second kappa shape index (κ2) is 4.48. The van der Waals surface area contributed by atoms with Crippen molar-refractivity contribution >= 4 is 23.8 Å². The minimum absolute atomic E-state index is 0.358. The van der Waals surface area contributed by atoms with Crippen molar-refractivity contribution < 1.29 is 33.0 Å². The SMILES string of the molecule is CC(=O)Oc1cnc2c(c1C(=O)O)C(F)(F)C(=O)C=C2. The fraction of sp³-hybridized carbons (Fsp3) is 0.167. The lowest BCUT2D eigenvalue weighted by molar-refractivity contribution is -0.139. The van der Waals surface area contributed by atoms with Gasteiger partial charge in [0, 0.05) is 6.92 Å². The summed E-state index contributed by atoms with van der Waals surface area (Å²) in [7, 11) is 0. The number of esters is 1. The number of aromatic carboxylic acids is 1. The molecule has 1 aliphatic rings. The first-order chi connectivity index (χ1) is 9.25. The summed E-state index contributed by atoms with van der Waals surface area (Å²) in [5, 5.41) is 9.07. The lowest BCUT2D eigenvalue weighted by atomic mass is 9.92. The van der Waals surface area contributed by atoms with E-state index in [-0.39, 0.29) is 5.69 Å². The minimum atomic E-state index is -4.04. The number of aromatic nitrogens is 1. The molecular formula is C12H7F2NO5. The van der Waals surface area contributed by atoms with Crippen LogP contribution in [-0.4, -0.2) is 27.8 Å². The lowest BCUT2D eigenvalue weighted by Gasteiger charge is -2.22. The summed E-state index contributed by atoms with van der Waals surface area (Å²) >= 11 is 0. The molecule has 0 atom stereocenters. The van der Waals surface area contributed by atoms with Gasteiger partial charge < -0.3 is 9.84 Å². The van der Waals surface area contributed by atoms with Crippen LogP contribution < -0.4 is 4.74 Å². The van der Waals surface area contributed by atoms with Crippen LogP contribution in [0.5, 0.6) is 5.75 Å². The third kappa shape index (κ3) is 2.04. The van der Waals surface area contributed by atoms with E-state index in [0.29, 0.717) is 6.08 Å². The summed E-state index contributed by atoms with van der Waals surface area (Å²) in [6, 6.07) is 0. The van der Waals surface area contributed by atoms with E-state index in [9.17, 15) is 23.2 Å². The fourth-order valence-electron chi connectivity index (χ4n) is 1.78. The summed E-state index contributed by atoms with van der Waals surface area (Å²) in [5.41, 5.74) is -2.38. The Labute approximate surface area is 110 Å². The molecule has 1 aromatic heterocycles. The molecule has 0 amide bonds. The van der Waals surface area contributed by atoms with Gasteiger partial charge in [-0.2, -0.15) is 8.78 Å². The maximum atomic E-state index is 13.9. The Hall–Kier alpha value is -2.64. The van der Waals surface area contributed by atoms with Crippen LogP contribution in [0.4, 0.5) is 8.78 Å². The first kappa shape index (κ1) is 13.8. The van der Waals surface area contributed by atoms with Crippen molar-refractivity contribution in [2.24, 2.45) is 0 Å². The standard InChI is InChI=1S/C12H7F2NO5/c1-5(16)20-7-4-15-6-2-3-8(17)12(13,14)10(6)9(7)11(18)19/h2-4H,1H3,(H,18,19). The molecule has 6 nitrogen and oxygen atoms in total. The van der Waals surface area contributed by atoms with Crippen molar-refractivity contribution in [1.82, 2.24) is 4.98 Å². The van der Waals surface area contributed by atoms with Crippen molar-refractivity contribution in [2.45, 2.75) is 12.8 Å². The molecule has 1 heterocycles. The fourth-order valence-corrected chi connectivity index (χ4v) is 1.78.